The second-order valence-electron chi connectivity index (χ2n) is 18.6. The molecular weight excluding hydrogens is 803 g/mol. The number of nitrogens with zero attached hydrogens (tertiary/aromatic N) is 1. The highest BCUT2D eigenvalue weighted by molar-refractivity contribution is 5.70. The molecule has 372 valence electrons. The van der Waals surface area contributed by atoms with Crippen LogP contribution in [0.25, 0.3) is 0 Å². The second kappa shape index (κ2) is 44.0. The molecule has 0 aliphatic carbocycles. The number of hydrogen-bond acceptors (Lipinski definition) is 9. The van der Waals surface area contributed by atoms with E-state index in [1.54, 1.807) is 0 Å². The first-order valence-electron chi connectivity index (χ1n) is 26.8. The van der Waals surface area contributed by atoms with E-state index in [0.717, 1.165) is 127 Å². The minimum Gasteiger partial charge on any atom is -0.494 e. The minimum absolute atomic E-state index is 0.0247. The zero-order chi connectivity index (χ0) is 46.6. The first kappa shape index (κ1) is 59.2. The predicted octanol–water partition coefficient (Wildman–Crippen LogP) is 15.2. The van der Waals surface area contributed by atoms with Crippen LogP contribution in [0.2, 0.25) is 0 Å². The zero-order valence-corrected chi connectivity index (χ0v) is 42.3. The van der Waals surface area contributed by atoms with Gasteiger partial charge in [-0.05, 0) is 103 Å². The highest BCUT2D eigenvalue weighted by Crippen LogP contribution is 2.27. The molecule has 1 rings (SSSR count). The molecule has 0 fully saturated rings. The Bertz CT molecular complexity index is 1220. The Labute approximate surface area is 393 Å². The van der Waals surface area contributed by atoms with Crippen molar-refractivity contribution in [3.8, 4) is 11.5 Å². The van der Waals surface area contributed by atoms with E-state index in [1.165, 1.54) is 96.3 Å². The van der Waals surface area contributed by atoms with E-state index in [-0.39, 0.29) is 30.6 Å². The predicted molar refractivity (Wildman–Crippen MR) is 265 cm³/mol. The van der Waals surface area contributed by atoms with E-state index in [2.05, 4.69) is 25.7 Å². The van der Waals surface area contributed by atoms with Crippen molar-refractivity contribution in [1.29, 1.82) is 0 Å². The lowest BCUT2D eigenvalue weighted by Gasteiger charge is -2.18. The third-order valence-corrected chi connectivity index (χ3v) is 12.1. The van der Waals surface area contributed by atoms with Crippen LogP contribution in [0, 0.1) is 0 Å². The van der Waals surface area contributed by atoms with Crippen molar-refractivity contribution in [2.24, 2.45) is 0 Å². The maximum absolute atomic E-state index is 12.8. The first-order chi connectivity index (χ1) is 31.3. The van der Waals surface area contributed by atoms with Crippen LogP contribution >= 0.6 is 0 Å². The van der Waals surface area contributed by atoms with Crippen molar-refractivity contribution in [1.82, 2.24) is 4.90 Å². The van der Waals surface area contributed by atoms with E-state index < -0.39 is 0 Å². The number of hydrogen-bond donors (Lipinski definition) is 0. The van der Waals surface area contributed by atoms with Crippen molar-refractivity contribution in [3.05, 3.63) is 23.8 Å². The van der Waals surface area contributed by atoms with Gasteiger partial charge in [0, 0.05) is 24.8 Å². The molecule has 0 radical (unpaired) electrons. The number of carbonyl (C=O) groups excluding carboxylic acids is 3. The monoisotopic (exact) mass is 902 g/mol. The van der Waals surface area contributed by atoms with Crippen LogP contribution in [0.5, 0.6) is 11.5 Å². The van der Waals surface area contributed by atoms with E-state index in [9.17, 15) is 14.4 Å². The molecule has 0 bridgehead atoms. The third-order valence-electron chi connectivity index (χ3n) is 12.1. The first-order valence-corrected chi connectivity index (χ1v) is 26.8. The highest BCUT2D eigenvalue weighted by atomic mass is 16.5. The molecule has 0 unspecified atom stereocenters. The van der Waals surface area contributed by atoms with Crippen LogP contribution in [-0.4, -0.2) is 69.4 Å². The topological polar surface area (TPSA) is 101 Å². The fraction of sp³-hybridized carbons (Fsp3) is 0.836. The molecule has 0 N–H and O–H groups in total. The van der Waals surface area contributed by atoms with Gasteiger partial charge in [0.05, 0.1) is 19.8 Å². The fourth-order valence-corrected chi connectivity index (χ4v) is 7.97. The Morgan fingerprint density at radius 1 is 0.469 bits per heavy atom. The number of unbranched alkanes of at least 4 members (excludes halogenated alkanes) is 24. The van der Waals surface area contributed by atoms with E-state index in [4.69, 9.17) is 23.7 Å². The van der Waals surface area contributed by atoms with Gasteiger partial charge in [0.1, 0.15) is 24.2 Å². The molecule has 0 amide bonds. The summed E-state index contributed by atoms with van der Waals surface area (Å²) in [7, 11) is 4.00. The Morgan fingerprint density at radius 2 is 0.906 bits per heavy atom. The van der Waals surface area contributed by atoms with Gasteiger partial charge in [0.15, 0.2) is 0 Å². The Hall–Kier alpha value is -2.81. The highest BCUT2D eigenvalue weighted by Gasteiger charge is 2.15. The molecule has 1 aromatic rings. The normalized spacial score (nSPS) is 11.4. The standard InChI is InChI=1S/C55H99NO8/c1-6-9-12-15-18-25-34-46-62-53(57)38-30-23-19-26-32-44-60-51-41-42-52(49(47-51)48-63-54(58)40-35-43-56(4)5)61-45-33-27-20-24-31-39-55(59)64-50(36-28-21-16-13-10-7-2)37-29-22-17-14-11-8-3/h41-42,47,50H,6-40,43-46,48H2,1-5H3. The van der Waals surface area contributed by atoms with Gasteiger partial charge >= 0.3 is 17.9 Å². The van der Waals surface area contributed by atoms with Crippen molar-refractivity contribution in [2.75, 3.05) is 40.5 Å². The van der Waals surface area contributed by atoms with Gasteiger partial charge in [0.25, 0.3) is 0 Å². The van der Waals surface area contributed by atoms with Crippen LogP contribution < -0.4 is 9.47 Å². The number of benzene rings is 1. The number of carbonyl (C=O) groups is 3. The van der Waals surface area contributed by atoms with Gasteiger partial charge in [-0.2, -0.15) is 0 Å². The van der Waals surface area contributed by atoms with Crippen molar-refractivity contribution in [2.45, 2.75) is 258 Å². The summed E-state index contributed by atoms with van der Waals surface area (Å²) in [5.74, 6) is 1.15. The fourth-order valence-electron chi connectivity index (χ4n) is 7.97. The van der Waals surface area contributed by atoms with Crippen molar-refractivity contribution in [3.63, 3.8) is 0 Å². The molecule has 0 atom stereocenters. The smallest absolute Gasteiger partial charge is 0.306 e. The van der Waals surface area contributed by atoms with E-state index in [0.29, 0.717) is 44.8 Å². The molecule has 0 saturated carbocycles. The summed E-state index contributed by atoms with van der Waals surface area (Å²) in [4.78, 5) is 39.5. The van der Waals surface area contributed by atoms with E-state index in [1.807, 2.05) is 32.3 Å². The van der Waals surface area contributed by atoms with Crippen LogP contribution in [0.4, 0.5) is 0 Å². The van der Waals surface area contributed by atoms with Crippen LogP contribution in [0.1, 0.15) is 251 Å². The van der Waals surface area contributed by atoms with Gasteiger partial charge in [-0.3, -0.25) is 14.4 Å². The molecular formula is C55H99NO8. The number of ether oxygens (including phenoxy) is 5. The summed E-state index contributed by atoms with van der Waals surface area (Å²) in [5, 5.41) is 0. The van der Waals surface area contributed by atoms with Crippen LogP contribution in [-0.2, 0) is 35.2 Å². The lowest BCUT2D eigenvalue weighted by Crippen LogP contribution is -2.18. The molecule has 0 saturated heterocycles. The lowest BCUT2D eigenvalue weighted by molar-refractivity contribution is -0.150. The van der Waals surface area contributed by atoms with Gasteiger partial charge in [-0.1, -0.05) is 162 Å². The summed E-state index contributed by atoms with van der Waals surface area (Å²) in [6.07, 6.45) is 37.7. The summed E-state index contributed by atoms with van der Waals surface area (Å²) >= 11 is 0. The molecule has 1 aromatic carbocycles. The van der Waals surface area contributed by atoms with Gasteiger partial charge in [0.2, 0.25) is 0 Å². The largest absolute Gasteiger partial charge is 0.494 e. The summed E-state index contributed by atoms with van der Waals surface area (Å²) in [6, 6.07) is 5.79. The molecule has 9 nitrogen and oxygen atoms in total. The molecule has 0 aliphatic rings. The van der Waals surface area contributed by atoms with Crippen LogP contribution in [0.15, 0.2) is 18.2 Å². The summed E-state index contributed by atoms with van der Waals surface area (Å²) in [6.45, 7) is 9.44. The number of esters is 3. The SMILES string of the molecule is CCCCCCCCCOC(=O)CCCCCCCOc1ccc(OCCCCCCCC(=O)OC(CCCCCCCC)CCCCCCCC)c(COC(=O)CCCN(C)C)c1. The summed E-state index contributed by atoms with van der Waals surface area (Å²) < 4.78 is 29.5. The van der Waals surface area contributed by atoms with Crippen LogP contribution in [0.3, 0.4) is 0 Å². The third kappa shape index (κ3) is 37.4. The Morgan fingerprint density at radius 3 is 1.45 bits per heavy atom. The minimum atomic E-state index is -0.212. The van der Waals surface area contributed by atoms with Crippen molar-refractivity contribution < 1.29 is 38.1 Å². The molecule has 0 aromatic heterocycles. The lowest BCUT2D eigenvalue weighted by atomic mass is 10.0. The van der Waals surface area contributed by atoms with Gasteiger partial charge in [-0.15, -0.1) is 0 Å². The maximum atomic E-state index is 12.8. The number of rotatable bonds is 47. The summed E-state index contributed by atoms with van der Waals surface area (Å²) in [5.41, 5.74) is 0.808. The van der Waals surface area contributed by atoms with E-state index >= 15 is 0 Å². The van der Waals surface area contributed by atoms with Gasteiger partial charge in [-0.25, -0.2) is 0 Å². The zero-order valence-electron chi connectivity index (χ0n) is 42.3. The quantitative estimate of drug-likeness (QED) is 0.0359. The molecule has 9 heteroatoms. The maximum Gasteiger partial charge on any atom is 0.306 e. The average Bonchev–Trinajstić information content (AvgIpc) is 3.28. The average molecular weight is 902 g/mol. The molecule has 0 heterocycles. The van der Waals surface area contributed by atoms with Crippen molar-refractivity contribution >= 4 is 17.9 Å². The second-order valence-corrected chi connectivity index (χ2v) is 18.6. The Balaban J connectivity index is 2.43. The Kier molecular flexibility index (Phi) is 40.7. The molecule has 64 heavy (non-hydrogen) atoms. The van der Waals surface area contributed by atoms with Gasteiger partial charge < -0.3 is 28.6 Å². The molecule has 0 aliphatic heterocycles. The molecule has 0 spiro atoms.